The molecule has 18 heavy (non-hydrogen) atoms. The highest BCUT2D eigenvalue weighted by Gasteiger charge is 2.43. The second-order valence-electron chi connectivity index (χ2n) is 6.35. The molecular weight excluding hydrogens is 220 g/mol. The van der Waals surface area contributed by atoms with E-state index in [0.29, 0.717) is 5.54 Å². The topological polar surface area (TPSA) is 15.3 Å². The van der Waals surface area contributed by atoms with Crippen LogP contribution in [0.25, 0.3) is 0 Å². The Kier molecular flexibility index (Phi) is 4.71. The lowest BCUT2D eigenvalue weighted by atomic mass is 9.84. The van der Waals surface area contributed by atoms with Crippen molar-refractivity contribution in [3.05, 3.63) is 0 Å². The number of rotatable bonds is 6. The highest BCUT2D eigenvalue weighted by atomic mass is 15.3. The van der Waals surface area contributed by atoms with Crippen LogP contribution in [0, 0.1) is 5.92 Å². The number of nitrogens with one attached hydrogen (secondary N) is 1. The van der Waals surface area contributed by atoms with Gasteiger partial charge in [0, 0.05) is 30.7 Å². The molecule has 0 aromatic carbocycles. The van der Waals surface area contributed by atoms with Crippen molar-refractivity contribution in [1.29, 1.82) is 0 Å². The third-order valence-corrected chi connectivity index (χ3v) is 5.70. The van der Waals surface area contributed by atoms with Gasteiger partial charge in [-0.05, 0) is 44.4 Å². The van der Waals surface area contributed by atoms with Crippen LogP contribution in [-0.2, 0) is 0 Å². The lowest BCUT2D eigenvalue weighted by Gasteiger charge is -2.51. The number of nitrogens with zero attached hydrogens (tertiary/aromatic N) is 1. The molecule has 1 N–H and O–H groups in total. The molecule has 0 bridgehead atoms. The summed E-state index contributed by atoms with van der Waals surface area (Å²) in [6.45, 7) is 12.0. The predicted octanol–water partition coefficient (Wildman–Crippen LogP) is 3.42. The fourth-order valence-electron chi connectivity index (χ4n) is 3.94. The van der Waals surface area contributed by atoms with E-state index in [-0.39, 0.29) is 0 Å². The Morgan fingerprint density at radius 1 is 1.06 bits per heavy atom. The smallest absolute Gasteiger partial charge is 0.0224 e. The largest absolute Gasteiger partial charge is 0.311 e. The van der Waals surface area contributed by atoms with Crippen molar-refractivity contribution >= 4 is 0 Å². The van der Waals surface area contributed by atoms with E-state index in [1.54, 1.807) is 0 Å². The van der Waals surface area contributed by atoms with Gasteiger partial charge in [0.05, 0.1) is 0 Å². The zero-order chi connectivity index (χ0) is 13.2. The van der Waals surface area contributed by atoms with E-state index in [0.717, 1.165) is 18.0 Å². The first-order chi connectivity index (χ1) is 8.70. The minimum Gasteiger partial charge on any atom is -0.311 e. The maximum absolute atomic E-state index is 3.81. The van der Waals surface area contributed by atoms with Crippen molar-refractivity contribution < 1.29 is 0 Å². The molecule has 2 rings (SSSR count). The summed E-state index contributed by atoms with van der Waals surface area (Å²) < 4.78 is 0. The Labute approximate surface area is 114 Å². The first-order valence-electron chi connectivity index (χ1n) is 8.20. The molecular formula is C16H32N2. The van der Waals surface area contributed by atoms with Crippen molar-refractivity contribution in [3.8, 4) is 0 Å². The third kappa shape index (κ3) is 2.60. The summed E-state index contributed by atoms with van der Waals surface area (Å²) >= 11 is 0. The molecule has 1 saturated heterocycles. The van der Waals surface area contributed by atoms with Gasteiger partial charge in [-0.2, -0.15) is 0 Å². The van der Waals surface area contributed by atoms with Gasteiger partial charge in [0.1, 0.15) is 0 Å². The molecule has 0 aromatic heterocycles. The molecule has 1 aliphatic carbocycles. The predicted molar refractivity (Wildman–Crippen MR) is 78.9 cm³/mol. The van der Waals surface area contributed by atoms with E-state index in [2.05, 4.69) is 37.9 Å². The van der Waals surface area contributed by atoms with Gasteiger partial charge in [0.15, 0.2) is 0 Å². The molecule has 2 atom stereocenters. The van der Waals surface area contributed by atoms with Gasteiger partial charge in [-0.25, -0.2) is 0 Å². The maximum Gasteiger partial charge on any atom is 0.0224 e. The Bertz CT molecular complexity index is 248. The molecule has 2 nitrogen and oxygen atoms in total. The first kappa shape index (κ1) is 14.3. The van der Waals surface area contributed by atoms with Crippen LogP contribution < -0.4 is 5.32 Å². The molecule has 1 saturated carbocycles. The molecule has 2 fully saturated rings. The number of hydrogen-bond donors (Lipinski definition) is 1. The summed E-state index contributed by atoms with van der Waals surface area (Å²) in [5.41, 5.74) is 0.454. The molecule has 0 aromatic rings. The van der Waals surface area contributed by atoms with Gasteiger partial charge in [0.25, 0.3) is 0 Å². The van der Waals surface area contributed by atoms with Crippen molar-refractivity contribution in [2.45, 2.75) is 83.8 Å². The average molecular weight is 252 g/mol. The molecule has 2 unspecified atom stereocenters. The minimum absolute atomic E-state index is 0.454. The van der Waals surface area contributed by atoms with Crippen molar-refractivity contribution in [3.63, 3.8) is 0 Å². The van der Waals surface area contributed by atoms with Crippen LogP contribution in [0.5, 0.6) is 0 Å². The highest BCUT2D eigenvalue weighted by molar-refractivity contribution is 5.00. The normalized spacial score (nSPS) is 30.7. The second-order valence-corrected chi connectivity index (χ2v) is 6.35. The molecule has 1 heterocycles. The minimum atomic E-state index is 0.454. The summed E-state index contributed by atoms with van der Waals surface area (Å²) in [7, 11) is 0. The van der Waals surface area contributed by atoms with Gasteiger partial charge in [-0.3, -0.25) is 4.90 Å². The number of piperazine rings is 1. The summed E-state index contributed by atoms with van der Waals surface area (Å²) in [5, 5.41) is 3.81. The van der Waals surface area contributed by atoms with E-state index < -0.39 is 0 Å². The Morgan fingerprint density at radius 3 is 2.11 bits per heavy atom. The average Bonchev–Trinajstić information content (AvgIpc) is 3.26. The zero-order valence-corrected chi connectivity index (χ0v) is 12.8. The lowest BCUT2D eigenvalue weighted by Crippen LogP contribution is -2.64. The van der Waals surface area contributed by atoms with Gasteiger partial charge in [-0.15, -0.1) is 0 Å². The van der Waals surface area contributed by atoms with Crippen LogP contribution >= 0.6 is 0 Å². The molecule has 2 aliphatic rings. The molecule has 2 heteroatoms. The van der Waals surface area contributed by atoms with E-state index in [1.165, 1.54) is 51.6 Å². The van der Waals surface area contributed by atoms with E-state index in [4.69, 9.17) is 0 Å². The summed E-state index contributed by atoms with van der Waals surface area (Å²) in [5.74, 6) is 0.980. The molecule has 0 spiro atoms. The van der Waals surface area contributed by atoms with Crippen LogP contribution in [0.3, 0.4) is 0 Å². The Morgan fingerprint density at radius 2 is 1.67 bits per heavy atom. The maximum atomic E-state index is 3.81. The quantitative estimate of drug-likeness (QED) is 0.779. The molecule has 106 valence electrons. The fraction of sp³-hybridized carbons (Fsp3) is 1.00. The first-order valence-corrected chi connectivity index (χ1v) is 8.20. The van der Waals surface area contributed by atoms with E-state index in [1.807, 2.05) is 0 Å². The van der Waals surface area contributed by atoms with Gasteiger partial charge in [0.2, 0.25) is 0 Å². The Balaban J connectivity index is 2.12. The molecule has 0 amide bonds. The van der Waals surface area contributed by atoms with Gasteiger partial charge >= 0.3 is 0 Å². The van der Waals surface area contributed by atoms with E-state index >= 15 is 0 Å². The summed E-state index contributed by atoms with van der Waals surface area (Å²) in [4.78, 5) is 2.88. The zero-order valence-electron chi connectivity index (χ0n) is 12.8. The fourth-order valence-corrected chi connectivity index (χ4v) is 3.94. The van der Waals surface area contributed by atoms with Crippen molar-refractivity contribution in [2.75, 3.05) is 13.1 Å². The van der Waals surface area contributed by atoms with Crippen molar-refractivity contribution in [2.24, 2.45) is 5.92 Å². The Hall–Kier alpha value is -0.0800. The molecule has 1 aliphatic heterocycles. The number of hydrogen-bond acceptors (Lipinski definition) is 2. The van der Waals surface area contributed by atoms with Crippen LogP contribution in [0.2, 0.25) is 0 Å². The summed E-state index contributed by atoms with van der Waals surface area (Å²) in [6, 6.07) is 1.52. The highest BCUT2D eigenvalue weighted by Crippen LogP contribution is 2.38. The van der Waals surface area contributed by atoms with E-state index in [9.17, 15) is 0 Å². The lowest BCUT2D eigenvalue weighted by molar-refractivity contribution is -0.00460. The van der Waals surface area contributed by atoms with Crippen LogP contribution in [0.15, 0.2) is 0 Å². The second kappa shape index (κ2) is 5.92. The third-order valence-electron chi connectivity index (χ3n) is 5.70. The SMILES string of the molecule is CCC1CNC(C2CC2)CN1C(CC)(CC)CC. The van der Waals surface area contributed by atoms with Gasteiger partial charge in [-0.1, -0.05) is 27.7 Å². The standard InChI is InChI=1S/C16H32N2/c1-5-14-11-17-15(13-9-10-13)12-18(14)16(6-2,7-3)8-4/h13-15,17H,5-12H2,1-4H3. The van der Waals surface area contributed by atoms with Crippen LogP contribution in [0.4, 0.5) is 0 Å². The van der Waals surface area contributed by atoms with Crippen LogP contribution in [-0.4, -0.2) is 35.6 Å². The monoisotopic (exact) mass is 252 g/mol. The molecule has 0 radical (unpaired) electrons. The summed E-state index contributed by atoms with van der Waals surface area (Å²) in [6.07, 6.45) is 8.10. The van der Waals surface area contributed by atoms with Gasteiger partial charge < -0.3 is 5.32 Å². The van der Waals surface area contributed by atoms with Crippen LogP contribution in [0.1, 0.15) is 66.2 Å². The van der Waals surface area contributed by atoms with Crippen molar-refractivity contribution in [1.82, 2.24) is 10.2 Å².